The minimum atomic E-state index is -0.193. The standard InChI is InChI=1S/C28H45N6O3.Ni/c1-2-37-28(26-13-4-6-18-34(26)36)31-16-20-32(19-15-29-21-25-12-3-5-17-33(25)35)22-24-10-7-9-23-11-8-14-30-27(23)24;/h7-11,21,25-26,28,31,35-36H,2-6,12-20,22H2,1H3;/q-1;+2. The molecule has 3 aliphatic heterocycles. The topological polar surface area (TPSA) is 97.9 Å². The number of para-hydroxylation sites is 1. The smallest absolute Gasteiger partial charge is 0.680 e. The van der Waals surface area contributed by atoms with Gasteiger partial charge in [0.05, 0.1) is 18.6 Å². The minimum Gasteiger partial charge on any atom is -0.680 e. The van der Waals surface area contributed by atoms with E-state index in [1.165, 1.54) is 21.3 Å². The zero-order valence-corrected chi connectivity index (χ0v) is 23.6. The van der Waals surface area contributed by atoms with E-state index >= 15 is 0 Å². The van der Waals surface area contributed by atoms with Gasteiger partial charge in [0, 0.05) is 52.1 Å². The van der Waals surface area contributed by atoms with Gasteiger partial charge in [-0.2, -0.15) is 10.1 Å². The first-order chi connectivity index (χ1) is 18.2. The number of fused-ring (bicyclic) bond motifs is 1. The van der Waals surface area contributed by atoms with Crippen molar-refractivity contribution in [2.75, 3.05) is 52.4 Å². The molecule has 0 spiro atoms. The third-order valence-corrected chi connectivity index (χ3v) is 7.53. The van der Waals surface area contributed by atoms with Gasteiger partial charge >= 0.3 is 16.5 Å². The second kappa shape index (κ2) is 16.7. The fraction of sp³-hybridized carbons (Fsp3) is 0.679. The van der Waals surface area contributed by atoms with Crippen LogP contribution in [-0.4, -0.2) is 102 Å². The van der Waals surface area contributed by atoms with Gasteiger partial charge < -0.3 is 20.5 Å². The first-order valence-corrected chi connectivity index (χ1v) is 14.1. The molecule has 2 fully saturated rings. The van der Waals surface area contributed by atoms with Crippen LogP contribution < -0.4 is 5.32 Å². The van der Waals surface area contributed by atoms with Crippen LogP contribution in [0.1, 0.15) is 56.6 Å². The number of benzene rings is 1. The van der Waals surface area contributed by atoms with Gasteiger partial charge in [-0.15, -0.1) is 18.3 Å². The Kier molecular flexibility index (Phi) is 13.7. The molecule has 3 aliphatic rings. The Morgan fingerprint density at radius 2 is 1.97 bits per heavy atom. The van der Waals surface area contributed by atoms with Crippen molar-refractivity contribution in [2.24, 2.45) is 4.99 Å². The number of rotatable bonds is 13. The first-order valence-electron chi connectivity index (χ1n) is 14.1. The third-order valence-electron chi connectivity index (χ3n) is 7.53. The third kappa shape index (κ3) is 9.10. The molecule has 10 heteroatoms. The van der Waals surface area contributed by atoms with Crippen molar-refractivity contribution in [3.63, 3.8) is 0 Å². The van der Waals surface area contributed by atoms with E-state index in [2.05, 4.69) is 45.6 Å². The normalized spacial score (nSPS) is 23.3. The molecule has 3 N–H and O–H groups in total. The number of hydrogen-bond donors (Lipinski definition) is 3. The van der Waals surface area contributed by atoms with Crippen molar-refractivity contribution >= 4 is 18.0 Å². The maximum atomic E-state index is 10.4. The van der Waals surface area contributed by atoms with Crippen LogP contribution in [0.15, 0.2) is 29.3 Å². The van der Waals surface area contributed by atoms with Crippen LogP contribution in [0.25, 0.3) is 11.4 Å². The Morgan fingerprint density at radius 3 is 2.76 bits per heavy atom. The summed E-state index contributed by atoms with van der Waals surface area (Å²) in [5, 5.41) is 31.7. The van der Waals surface area contributed by atoms with Crippen molar-refractivity contribution in [2.45, 2.75) is 70.3 Å². The number of piperidine rings is 2. The SMILES string of the molecule is CCOC(NCCN(CCN=CC1CCCCN1O)Cc1cccc2c1[N-]CC=C2)C1CCCCN1O.[Ni+2]. The van der Waals surface area contributed by atoms with Gasteiger partial charge in [-0.25, -0.2) is 0 Å². The number of ether oxygens (including phenoxy) is 1. The van der Waals surface area contributed by atoms with Crippen LogP contribution in [0, 0.1) is 0 Å². The maximum Gasteiger partial charge on any atom is 2.00 e. The number of nitrogens with one attached hydrogen (secondary N) is 1. The van der Waals surface area contributed by atoms with Crippen LogP contribution in [0.2, 0.25) is 0 Å². The second-order valence-corrected chi connectivity index (χ2v) is 10.2. The summed E-state index contributed by atoms with van der Waals surface area (Å²) in [6.07, 6.45) is 12.2. The van der Waals surface area contributed by atoms with Crippen LogP contribution in [0.4, 0.5) is 5.69 Å². The van der Waals surface area contributed by atoms with E-state index in [-0.39, 0.29) is 34.8 Å². The summed E-state index contributed by atoms with van der Waals surface area (Å²) >= 11 is 0. The Bertz CT molecular complexity index is 888. The van der Waals surface area contributed by atoms with Gasteiger partial charge in [0.15, 0.2) is 0 Å². The molecule has 9 nitrogen and oxygen atoms in total. The van der Waals surface area contributed by atoms with E-state index in [0.717, 1.165) is 83.5 Å². The largest absolute Gasteiger partial charge is 2.00 e. The molecule has 3 heterocycles. The first kappa shape index (κ1) is 31.2. The molecule has 38 heavy (non-hydrogen) atoms. The van der Waals surface area contributed by atoms with Crippen LogP contribution >= 0.6 is 0 Å². The van der Waals surface area contributed by atoms with Crippen molar-refractivity contribution in [1.82, 2.24) is 20.3 Å². The summed E-state index contributed by atoms with van der Waals surface area (Å²) < 4.78 is 6.00. The Morgan fingerprint density at radius 1 is 1.16 bits per heavy atom. The number of aliphatic imine (C=N–C) groups is 1. The Balaban J connectivity index is 0.00000400. The summed E-state index contributed by atoms with van der Waals surface area (Å²) in [5.74, 6) is 0. The van der Waals surface area contributed by atoms with Gasteiger partial charge in [0.1, 0.15) is 6.23 Å². The Labute approximate surface area is 238 Å². The van der Waals surface area contributed by atoms with E-state index < -0.39 is 0 Å². The average molecular weight is 572 g/mol. The molecular formula is C28H45N6NiO3+. The van der Waals surface area contributed by atoms with E-state index in [1.807, 2.05) is 13.1 Å². The Hall–Kier alpha value is -1.36. The van der Waals surface area contributed by atoms with Crippen LogP contribution in [0.5, 0.6) is 0 Å². The van der Waals surface area contributed by atoms with Gasteiger partial charge in [-0.05, 0) is 43.7 Å². The quantitative estimate of drug-likeness (QED) is 0.187. The fourth-order valence-corrected chi connectivity index (χ4v) is 5.49. The van der Waals surface area contributed by atoms with Gasteiger partial charge in [-0.3, -0.25) is 15.2 Å². The van der Waals surface area contributed by atoms with Crippen LogP contribution in [0.3, 0.4) is 0 Å². The summed E-state index contributed by atoms with van der Waals surface area (Å²) in [7, 11) is 0. The zero-order chi connectivity index (χ0) is 25.9. The van der Waals surface area contributed by atoms with Crippen molar-refractivity contribution < 1.29 is 31.6 Å². The predicted molar refractivity (Wildman–Crippen MR) is 148 cm³/mol. The van der Waals surface area contributed by atoms with Crippen molar-refractivity contribution in [1.29, 1.82) is 0 Å². The number of nitrogens with zero attached hydrogens (tertiary/aromatic N) is 5. The molecule has 1 aromatic rings. The molecule has 0 radical (unpaired) electrons. The molecule has 214 valence electrons. The molecular weight excluding hydrogens is 527 g/mol. The van der Waals surface area contributed by atoms with Gasteiger partial charge in [0.2, 0.25) is 0 Å². The molecule has 0 saturated carbocycles. The molecule has 3 atom stereocenters. The summed E-state index contributed by atoms with van der Waals surface area (Å²) in [6, 6.07) is 6.41. The summed E-state index contributed by atoms with van der Waals surface area (Å²) in [4.78, 5) is 7.09. The minimum absolute atomic E-state index is 0. The molecule has 2 saturated heterocycles. The zero-order valence-electron chi connectivity index (χ0n) is 22.7. The summed E-state index contributed by atoms with van der Waals surface area (Å²) in [6.45, 7) is 8.61. The van der Waals surface area contributed by atoms with Gasteiger partial charge in [-0.1, -0.05) is 37.1 Å². The summed E-state index contributed by atoms with van der Waals surface area (Å²) in [5.41, 5.74) is 3.50. The molecule has 3 unspecified atom stereocenters. The number of hydrogen-bond acceptors (Lipinski definition) is 8. The molecule has 0 aromatic heterocycles. The maximum absolute atomic E-state index is 10.4. The molecule has 0 amide bonds. The fourth-order valence-electron chi connectivity index (χ4n) is 5.49. The average Bonchev–Trinajstić information content (AvgIpc) is 2.92. The van der Waals surface area contributed by atoms with Crippen molar-refractivity contribution in [3.05, 3.63) is 40.7 Å². The molecule has 0 bridgehead atoms. The molecule has 4 rings (SSSR count). The predicted octanol–water partition coefficient (Wildman–Crippen LogP) is 4.03. The molecule has 0 aliphatic carbocycles. The number of hydroxylamine groups is 4. The van der Waals surface area contributed by atoms with Crippen molar-refractivity contribution in [3.8, 4) is 0 Å². The monoisotopic (exact) mass is 571 g/mol. The van der Waals surface area contributed by atoms with Gasteiger partial charge in [0.25, 0.3) is 0 Å². The van der Waals surface area contributed by atoms with E-state index in [1.54, 1.807) is 0 Å². The van der Waals surface area contributed by atoms with E-state index in [9.17, 15) is 10.4 Å². The molecule has 1 aromatic carbocycles. The van der Waals surface area contributed by atoms with Crippen LogP contribution in [-0.2, 0) is 27.8 Å². The second-order valence-electron chi connectivity index (χ2n) is 10.2. The van der Waals surface area contributed by atoms with E-state index in [4.69, 9.17) is 10.1 Å². The van der Waals surface area contributed by atoms with E-state index in [0.29, 0.717) is 19.7 Å².